The fourth-order valence-corrected chi connectivity index (χ4v) is 1.40. The fraction of sp³-hybridized carbons (Fsp3) is 0.667. The van der Waals surface area contributed by atoms with Gasteiger partial charge in [-0.25, -0.2) is 9.97 Å². The van der Waals surface area contributed by atoms with Gasteiger partial charge in [0.2, 0.25) is 0 Å². The summed E-state index contributed by atoms with van der Waals surface area (Å²) in [6, 6.07) is 1.90. The zero-order valence-electron chi connectivity index (χ0n) is 10.8. The van der Waals surface area contributed by atoms with Crippen molar-refractivity contribution in [3.05, 3.63) is 12.4 Å². The molecule has 96 valence electrons. The second kappa shape index (κ2) is 7.06. The van der Waals surface area contributed by atoms with Crippen LogP contribution in [0.5, 0.6) is 0 Å². The number of aliphatic hydroxyl groups is 1. The van der Waals surface area contributed by atoms with Crippen LogP contribution in [-0.2, 0) is 0 Å². The minimum absolute atomic E-state index is 0.0997. The van der Waals surface area contributed by atoms with Crippen LogP contribution in [0, 0.1) is 5.92 Å². The molecule has 0 atom stereocenters. The van der Waals surface area contributed by atoms with Gasteiger partial charge in [-0.15, -0.1) is 0 Å². The molecule has 0 unspecified atom stereocenters. The topological polar surface area (TPSA) is 61.3 Å². The summed E-state index contributed by atoms with van der Waals surface area (Å²) in [7, 11) is 2.03. The largest absolute Gasteiger partial charge is 0.395 e. The van der Waals surface area contributed by atoms with E-state index in [0.29, 0.717) is 12.5 Å². The normalized spacial score (nSPS) is 10.6. The Morgan fingerprint density at radius 2 is 2.18 bits per heavy atom. The highest BCUT2D eigenvalue weighted by atomic mass is 16.3. The molecule has 0 radical (unpaired) electrons. The summed E-state index contributed by atoms with van der Waals surface area (Å²) < 4.78 is 0. The van der Waals surface area contributed by atoms with Crippen LogP contribution in [0.4, 0.5) is 11.6 Å². The molecule has 0 aromatic carbocycles. The molecule has 1 aromatic rings. The molecule has 0 bridgehead atoms. The van der Waals surface area contributed by atoms with E-state index < -0.39 is 0 Å². The first-order valence-corrected chi connectivity index (χ1v) is 6.01. The van der Waals surface area contributed by atoms with Crippen LogP contribution in [0.2, 0.25) is 0 Å². The zero-order chi connectivity index (χ0) is 12.7. The van der Waals surface area contributed by atoms with E-state index in [2.05, 4.69) is 34.0 Å². The zero-order valence-corrected chi connectivity index (χ0v) is 10.8. The van der Waals surface area contributed by atoms with Crippen LogP contribution >= 0.6 is 0 Å². The average molecular weight is 238 g/mol. The maximum Gasteiger partial charge on any atom is 0.133 e. The fourth-order valence-electron chi connectivity index (χ4n) is 1.40. The number of hydrogen-bond donors (Lipinski definition) is 2. The number of aromatic nitrogens is 2. The molecule has 1 aromatic heterocycles. The van der Waals surface area contributed by atoms with Gasteiger partial charge in [-0.05, 0) is 12.3 Å². The average Bonchev–Trinajstić information content (AvgIpc) is 2.33. The van der Waals surface area contributed by atoms with E-state index in [1.807, 2.05) is 13.1 Å². The van der Waals surface area contributed by atoms with Crippen LogP contribution in [-0.4, -0.2) is 41.8 Å². The Labute approximate surface area is 103 Å². The lowest BCUT2D eigenvalue weighted by atomic mass is 10.1. The number of aliphatic hydroxyl groups excluding tert-OH is 1. The van der Waals surface area contributed by atoms with Gasteiger partial charge in [0.25, 0.3) is 0 Å². The smallest absolute Gasteiger partial charge is 0.133 e. The van der Waals surface area contributed by atoms with Crippen molar-refractivity contribution in [2.24, 2.45) is 5.92 Å². The molecule has 0 saturated carbocycles. The van der Waals surface area contributed by atoms with Crippen LogP contribution in [0.15, 0.2) is 12.4 Å². The van der Waals surface area contributed by atoms with Crippen molar-refractivity contribution in [2.45, 2.75) is 20.3 Å². The van der Waals surface area contributed by atoms with Gasteiger partial charge in [-0.3, -0.25) is 0 Å². The second-order valence-electron chi connectivity index (χ2n) is 4.52. The molecule has 0 fully saturated rings. The van der Waals surface area contributed by atoms with Crippen molar-refractivity contribution in [1.29, 1.82) is 0 Å². The number of hydrogen-bond acceptors (Lipinski definition) is 5. The van der Waals surface area contributed by atoms with Crippen molar-refractivity contribution in [3.8, 4) is 0 Å². The van der Waals surface area contributed by atoms with E-state index in [9.17, 15) is 0 Å². The molecule has 0 amide bonds. The summed E-state index contributed by atoms with van der Waals surface area (Å²) in [6.45, 7) is 6.01. The standard InChI is InChI=1S/C12H22N4O/c1-10(2)4-6-16(3)12-8-11(13-5-7-17)14-9-15-12/h8-10,17H,4-7H2,1-3H3,(H,13,14,15). The van der Waals surface area contributed by atoms with E-state index in [4.69, 9.17) is 5.11 Å². The molecule has 5 nitrogen and oxygen atoms in total. The van der Waals surface area contributed by atoms with E-state index in [1.54, 1.807) is 6.33 Å². The first-order chi connectivity index (χ1) is 8.13. The van der Waals surface area contributed by atoms with Gasteiger partial charge < -0.3 is 15.3 Å². The third kappa shape index (κ3) is 4.99. The minimum Gasteiger partial charge on any atom is -0.395 e. The predicted molar refractivity (Wildman–Crippen MR) is 70.3 cm³/mol. The highest BCUT2D eigenvalue weighted by molar-refractivity contribution is 5.47. The van der Waals surface area contributed by atoms with Crippen LogP contribution in [0.1, 0.15) is 20.3 Å². The Bertz CT molecular complexity index is 330. The molecule has 1 rings (SSSR count). The lowest BCUT2D eigenvalue weighted by Crippen LogP contribution is -2.21. The first-order valence-electron chi connectivity index (χ1n) is 6.01. The molecular formula is C12H22N4O. The van der Waals surface area contributed by atoms with Crippen LogP contribution in [0.3, 0.4) is 0 Å². The van der Waals surface area contributed by atoms with Crippen molar-refractivity contribution < 1.29 is 5.11 Å². The monoisotopic (exact) mass is 238 g/mol. The lowest BCUT2D eigenvalue weighted by molar-refractivity contribution is 0.311. The third-order valence-electron chi connectivity index (χ3n) is 2.50. The molecule has 0 aliphatic rings. The predicted octanol–water partition coefficient (Wildman–Crippen LogP) is 1.36. The van der Waals surface area contributed by atoms with Gasteiger partial charge in [0.15, 0.2) is 0 Å². The van der Waals surface area contributed by atoms with E-state index >= 15 is 0 Å². The van der Waals surface area contributed by atoms with Gasteiger partial charge in [0.1, 0.15) is 18.0 Å². The van der Waals surface area contributed by atoms with Gasteiger partial charge in [0, 0.05) is 26.2 Å². The van der Waals surface area contributed by atoms with Gasteiger partial charge in [-0.2, -0.15) is 0 Å². The van der Waals surface area contributed by atoms with Crippen LogP contribution < -0.4 is 10.2 Å². The molecule has 2 N–H and O–H groups in total. The summed E-state index contributed by atoms with van der Waals surface area (Å²) in [5.41, 5.74) is 0. The maximum atomic E-state index is 8.74. The highest BCUT2D eigenvalue weighted by Gasteiger charge is 2.05. The van der Waals surface area contributed by atoms with Gasteiger partial charge >= 0.3 is 0 Å². The Balaban J connectivity index is 2.57. The second-order valence-corrected chi connectivity index (χ2v) is 4.52. The Morgan fingerprint density at radius 3 is 2.82 bits per heavy atom. The summed E-state index contributed by atoms with van der Waals surface area (Å²) in [5.74, 6) is 2.34. The molecule has 0 spiro atoms. The Morgan fingerprint density at radius 1 is 1.41 bits per heavy atom. The van der Waals surface area contributed by atoms with E-state index in [1.165, 1.54) is 0 Å². The third-order valence-corrected chi connectivity index (χ3v) is 2.50. The summed E-state index contributed by atoms with van der Waals surface area (Å²) in [5, 5.41) is 11.8. The summed E-state index contributed by atoms with van der Waals surface area (Å²) in [4.78, 5) is 10.4. The highest BCUT2D eigenvalue weighted by Crippen LogP contribution is 2.13. The quantitative estimate of drug-likeness (QED) is 0.751. The van der Waals surface area contributed by atoms with Crippen molar-refractivity contribution in [2.75, 3.05) is 37.0 Å². The number of nitrogens with one attached hydrogen (secondary N) is 1. The molecule has 5 heteroatoms. The first kappa shape index (κ1) is 13.7. The maximum absolute atomic E-state index is 8.74. The molecule has 17 heavy (non-hydrogen) atoms. The van der Waals surface area contributed by atoms with E-state index in [-0.39, 0.29) is 6.61 Å². The summed E-state index contributed by atoms with van der Waals surface area (Å²) >= 11 is 0. The molecule has 0 saturated heterocycles. The van der Waals surface area contributed by atoms with Gasteiger partial charge in [0.05, 0.1) is 6.61 Å². The van der Waals surface area contributed by atoms with Crippen molar-refractivity contribution in [1.82, 2.24) is 9.97 Å². The summed E-state index contributed by atoms with van der Waals surface area (Å²) in [6.07, 6.45) is 2.68. The Hall–Kier alpha value is -1.36. The number of nitrogens with zero attached hydrogens (tertiary/aromatic N) is 3. The Kier molecular flexibility index (Phi) is 5.69. The molecule has 0 aliphatic carbocycles. The minimum atomic E-state index is 0.0997. The van der Waals surface area contributed by atoms with Crippen LogP contribution in [0.25, 0.3) is 0 Å². The molecule has 0 aliphatic heterocycles. The van der Waals surface area contributed by atoms with Crippen molar-refractivity contribution >= 4 is 11.6 Å². The number of rotatable bonds is 7. The molecular weight excluding hydrogens is 216 g/mol. The van der Waals surface area contributed by atoms with Gasteiger partial charge in [-0.1, -0.05) is 13.8 Å². The number of anilines is 2. The SMILES string of the molecule is CC(C)CCN(C)c1cc(NCCO)ncn1. The molecule has 1 heterocycles. The van der Waals surface area contributed by atoms with Crippen molar-refractivity contribution in [3.63, 3.8) is 0 Å². The van der Waals surface area contributed by atoms with E-state index in [0.717, 1.165) is 24.6 Å². The lowest BCUT2D eigenvalue weighted by Gasteiger charge is -2.19.